The van der Waals surface area contributed by atoms with Crippen LogP contribution in [0.4, 0.5) is 5.69 Å². The predicted molar refractivity (Wildman–Crippen MR) is 89.0 cm³/mol. The summed E-state index contributed by atoms with van der Waals surface area (Å²) >= 11 is 6.32. The molecule has 0 atom stereocenters. The second-order valence-electron chi connectivity index (χ2n) is 5.30. The van der Waals surface area contributed by atoms with Gasteiger partial charge in [0.2, 0.25) is 0 Å². The third-order valence-electron chi connectivity index (χ3n) is 3.43. The SMILES string of the molecule is Cc1ccc2nc(-c3cccc(N(C)C)c3)nc(Cl)c2c1. The van der Waals surface area contributed by atoms with Crippen molar-refractivity contribution >= 4 is 28.2 Å². The minimum absolute atomic E-state index is 0.494. The molecular weight excluding hydrogens is 282 g/mol. The predicted octanol–water partition coefficient (Wildman–Crippen LogP) is 4.32. The van der Waals surface area contributed by atoms with E-state index in [4.69, 9.17) is 11.6 Å². The number of nitrogens with zero attached hydrogens (tertiary/aromatic N) is 3. The van der Waals surface area contributed by atoms with Gasteiger partial charge < -0.3 is 4.90 Å². The van der Waals surface area contributed by atoms with E-state index >= 15 is 0 Å². The highest BCUT2D eigenvalue weighted by Crippen LogP contribution is 2.27. The highest BCUT2D eigenvalue weighted by Gasteiger charge is 2.09. The molecule has 1 heterocycles. The highest BCUT2D eigenvalue weighted by atomic mass is 35.5. The number of aromatic nitrogens is 2. The van der Waals surface area contributed by atoms with E-state index < -0.39 is 0 Å². The lowest BCUT2D eigenvalue weighted by Gasteiger charge is -2.13. The molecule has 0 N–H and O–H groups in total. The number of halogens is 1. The molecule has 0 fully saturated rings. The van der Waals surface area contributed by atoms with E-state index in [2.05, 4.69) is 27.0 Å². The van der Waals surface area contributed by atoms with Crippen LogP contribution in [0.3, 0.4) is 0 Å². The zero-order valence-corrected chi connectivity index (χ0v) is 13.0. The maximum absolute atomic E-state index is 6.32. The van der Waals surface area contributed by atoms with Crippen molar-refractivity contribution in [1.82, 2.24) is 9.97 Å². The monoisotopic (exact) mass is 297 g/mol. The van der Waals surface area contributed by atoms with E-state index in [1.165, 1.54) is 0 Å². The van der Waals surface area contributed by atoms with Gasteiger partial charge >= 0.3 is 0 Å². The van der Waals surface area contributed by atoms with Crippen molar-refractivity contribution in [3.05, 3.63) is 53.2 Å². The van der Waals surface area contributed by atoms with Crippen LogP contribution in [0.2, 0.25) is 5.15 Å². The first kappa shape index (κ1) is 13.8. The van der Waals surface area contributed by atoms with Crippen LogP contribution < -0.4 is 4.90 Å². The van der Waals surface area contributed by atoms with Gasteiger partial charge in [-0.2, -0.15) is 0 Å². The molecule has 0 amide bonds. The molecule has 1 aromatic heterocycles. The van der Waals surface area contributed by atoms with Gasteiger partial charge in [0.25, 0.3) is 0 Å². The minimum Gasteiger partial charge on any atom is -0.378 e. The molecule has 21 heavy (non-hydrogen) atoms. The van der Waals surface area contributed by atoms with E-state index in [0.29, 0.717) is 11.0 Å². The van der Waals surface area contributed by atoms with E-state index in [1.807, 2.05) is 51.4 Å². The summed E-state index contributed by atoms with van der Waals surface area (Å²) in [6.07, 6.45) is 0. The van der Waals surface area contributed by atoms with Crippen molar-refractivity contribution in [1.29, 1.82) is 0 Å². The van der Waals surface area contributed by atoms with Crippen molar-refractivity contribution in [3.8, 4) is 11.4 Å². The first-order chi connectivity index (χ1) is 10.0. The van der Waals surface area contributed by atoms with Gasteiger partial charge in [-0.05, 0) is 31.2 Å². The van der Waals surface area contributed by atoms with Gasteiger partial charge in [-0.3, -0.25) is 0 Å². The molecular formula is C17H16ClN3. The summed E-state index contributed by atoms with van der Waals surface area (Å²) in [4.78, 5) is 11.1. The second kappa shape index (κ2) is 5.34. The lowest BCUT2D eigenvalue weighted by atomic mass is 10.1. The Bertz CT molecular complexity index is 812. The zero-order chi connectivity index (χ0) is 15.0. The Balaban J connectivity index is 2.17. The Hall–Kier alpha value is -2.13. The quantitative estimate of drug-likeness (QED) is 0.659. The van der Waals surface area contributed by atoms with E-state index in [0.717, 1.165) is 27.7 Å². The smallest absolute Gasteiger partial charge is 0.161 e. The number of fused-ring (bicyclic) bond motifs is 1. The number of hydrogen-bond donors (Lipinski definition) is 0. The van der Waals surface area contributed by atoms with Gasteiger partial charge in [-0.25, -0.2) is 9.97 Å². The van der Waals surface area contributed by atoms with Gasteiger partial charge in [0.05, 0.1) is 5.52 Å². The molecule has 106 valence electrons. The molecule has 0 aliphatic rings. The van der Waals surface area contributed by atoms with Crippen molar-refractivity contribution < 1.29 is 0 Å². The summed E-state index contributed by atoms with van der Waals surface area (Å²) in [6, 6.07) is 14.1. The van der Waals surface area contributed by atoms with Gasteiger partial charge in [-0.1, -0.05) is 35.4 Å². The maximum atomic E-state index is 6.32. The van der Waals surface area contributed by atoms with E-state index in [-0.39, 0.29) is 0 Å². The number of aryl methyl sites for hydroxylation is 1. The molecule has 0 saturated carbocycles. The average Bonchev–Trinajstić information content (AvgIpc) is 2.48. The Morgan fingerprint density at radius 3 is 2.57 bits per heavy atom. The molecule has 0 aliphatic carbocycles. The average molecular weight is 298 g/mol. The van der Waals surface area contributed by atoms with Crippen LogP contribution in [0, 0.1) is 6.92 Å². The summed E-state index contributed by atoms with van der Waals surface area (Å²) in [7, 11) is 4.02. The normalized spacial score (nSPS) is 10.9. The van der Waals surface area contributed by atoms with Gasteiger partial charge in [0.1, 0.15) is 5.15 Å². The largest absolute Gasteiger partial charge is 0.378 e. The Morgan fingerprint density at radius 2 is 1.81 bits per heavy atom. The molecule has 3 rings (SSSR count). The molecule has 2 aromatic carbocycles. The van der Waals surface area contributed by atoms with Crippen molar-refractivity contribution in [2.45, 2.75) is 6.92 Å². The topological polar surface area (TPSA) is 29.0 Å². The van der Waals surface area contributed by atoms with Crippen LogP contribution in [0.1, 0.15) is 5.56 Å². The van der Waals surface area contributed by atoms with E-state index in [9.17, 15) is 0 Å². The molecule has 0 saturated heterocycles. The second-order valence-corrected chi connectivity index (χ2v) is 5.66. The van der Waals surface area contributed by atoms with Crippen LogP contribution in [0.5, 0.6) is 0 Å². The van der Waals surface area contributed by atoms with Crippen molar-refractivity contribution in [3.63, 3.8) is 0 Å². The van der Waals surface area contributed by atoms with Gasteiger partial charge in [-0.15, -0.1) is 0 Å². The number of hydrogen-bond acceptors (Lipinski definition) is 3. The fourth-order valence-corrected chi connectivity index (χ4v) is 2.49. The van der Waals surface area contributed by atoms with Crippen LogP contribution >= 0.6 is 11.6 Å². The first-order valence-corrected chi connectivity index (χ1v) is 7.14. The standard InChI is InChI=1S/C17H16ClN3/c1-11-7-8-15-14(9-11)16(18)20-17(19-15)12-5-4-6-13(10-12)21(2)3/h4-10H,1-3H3. The van der Waals surface area contributed by atoms with E-state index in [1.54, 1.807) is 0 Å². The molecule has 0 unspecified atom stereocenters. The third-order valence-corrected chi connectivity index (χ3v) is 3.71. The fraction of sp³-hybridized carbons (Fsp3) is 0.176. The van der Waals surface area contributed by atoms with Crippen LogP contribution in [0.25, 0.3) is 22.3 Å². The number of rotatable bonds is 2. The zero-order valence-electron chi connectivity index (χ0n) is 12.3. The first-order valence-electron chi connectivity index (χ1n) is 6.76. The molecule has 3 nitrogen and oxygen atoms in total. The summed E-state index contributed by atoms with van der Waals surface area (Å²) < 4.78 is 0. The lowest BCUT2D eigenvalue weighted by Crippen LogP contribution is -2.08. The Labute approximate surface area is 129 Å². The van der Waals surface area contributed by atoms with Crippen molar-refractivity contribution in [2.24, 2.45) is 0 Å². The van der Waals surface area contributed by atoms with Gasteiger partial charge in [0, 0.05) is 30.7 Å². The minimum atomic E-state index is 0.494. The van der Waals surface area contributed by atoms with Crippen molar-refractivity contribution in [2.75, 3.05) is 19.0 Å². The van der Waals surface area contributed by atoms with Crippen LogP contribution in [-0.4, -0.2) is 24.1 Å². The molecule has 0 spiro atoms. The Morgan fingerprint density at radius 1 is 1.00 bits per heavy atom. The molecule has 0 bridgehead atoms. The summed E-state index contributed by atoms with van der Waals surface area (Å²) in [5.41, 5.74) is 4.09. The summed E-state index contributed by atoms with van der Waals surface area (Å²) in [6.45, 7) is 2.03. The third kappa shape index (κ3) is 2.69. The summed E-state index contributed by atoms with van der Waals surface area (Å²) in [5.74, 6) is 0.653. The molecule has 0 radical (unpaired) electrons. The lowest BCUT2D eigenvalue weighted by molar-refractivity contribution is 1.13. The highest BCUT2D eigenvalue weighted by molar-refractivity contribution is 6.34. The van der Waals surface area contributed by atoms with Crippen LogP contribution in [-0.2, 0) is 0 Å². The molecule has 0 aliphatic heterocycles. The summed E-state index contributed by atoms with van der Waals surface area (Å²) in [5, 5.41) is 1.39. The van der Waals surface area contributed by atoms with Gasteiger partial charge in [0.15, 0.2) is 5.82 Å². The fourth-order valence-electron chi connectivity index (χ4n) is 2.26. The Kier molecular flexibility index (Phi) is 3.52. The number of anilines is 1. The number of benzene rings is 2. The van der Waals surface area contributed by atoms with Crippen LogP contribution in [0.15, 0.2) is 42.5 Å². The molecule has 4 heteroatoms. The maximum Gasteiger partial charge on any atom is 0.161 e. The molecule has 3 aromatic rings.